The van der Waals surface area contributed by atoms with E-state index in [0.717, 1.165) is 10.1 Å². The van der Waals surface area contributed by atoms with Crippen molar-refractivity contribution >= 4 is 22.6 Å². The van der Waals surface area contributed by atoms with Crippen LogP contribution in [0.15, 0.2) is 18.2 Å². The Kier molecular flexibility index (Phi) is 4.79. The first kappa shape index (κ1) is 13.3. The summed E-state index contributed by atoms with van der Waals surface area (Å²) < 4.78 is 14.2. The van der Waals surface area contributed by atoms with E-state index in [1.165, 1.54) is 31.2 Å². The third kappa shape index (κ3) is 3.19. The fourth-order valence-corrected chi connectivity index (χ4v) is 3.61. The maximum atomic E-state index is 13.1. The number of halogens is 2. The van der Waals surface area contributed by atoms with E-state index in [-0.39, 0.29) is 5.82 Å². The molecule has 1 fully saturated rings. The highest BCUT2D eigenvalue weighted by Crippen LogP contribution is 2.37. The topological polar surface area (TPSA) is 12.0 Å². The van der Waals surface area contributed by atoms with E-state index in [1.54, 1.807) is 12.1 Å². The van der Waals surface area contributed by atoms with E-state index in [0.29, 0.717) is 12.0 Å². The molecule has 0 amide bonds. The van der Waals surface area contributed by atoms with Gasteiger partial charge in [0.05, 0.1) is 0 Å². The van der Waals surface area contributed by atoms with Gasteiger partial charge in [0.2, 0.25) is 0 Å². The quantitative estimate of drug-likeness (QED) is 0.802. The van der Waals surface area contributed by atoms with Crippen LogP contribution >= 0.6 is 22.6 Å². The smallest absolute Gasteiger partial charge is 0.124 e. The minimum Gasteiger partial charge on any atom is -0.310 e. The van der Waals surface area contributed by atoms with Gasteiger partial charge in [-0.15, -0.1) is 0 Å². The summed E-state index contributed by atoms with van der Waals surface area (Å²) in [5.74, 6) is 0.578. The number of hydrogen-bond donors (Lipinski definition) is 1. The molecule has 0 aliphatic heterocycles. The number of nitrogens with one attached hydrogen (secondary N) is 1. The van der Waals surface area contributed by atoms with Gasteiger partial charge in [-0.3, -0.25) is 0 Å². The van der Waals surface area contributed by atoms with Crippen molar-refractivity contribution in [1.29, 1.82) is 0 Å². The van der Waals surface area contributed by atoms with Crippen LogP contribution in [0.1, 0.15) is 44.2 Å². The standard InChI is InChI=1S/C14H19FIN/c1-2-17-14(10-5-3-4-6-10)12-8-7-11(15)9-13(12)16/h7-10,14,17H,2-6H2,1H3. The molecule has 1 aromatic rings. The van der Waals surface area contributed by atoms with Gasteiger partial charge in [0.25, 0.3) is 0 Å². The van der Waals surface area contributed by atoms with E-state index >= 15 is 0 Å². The molecule has 0 spiro atoms. The predicted octanol–water partition coefficient (Wildman–Crippen LogP) is 4.27. The zero-order valence-corrected chi connectivity index (χ0v) is 12.3. The van der Waals surface area contributed by atoms with Crippen LogP contribution < -0.4 is 5.32 Å². The second-order valence-electron chi connectivity index (χ2n) is 4.75. The Hall–Kier alpha value is -0.160. The summed E-state index contributed by atoms with van der Waals surface area (Å²) in [6.45, 7) is 3.10. The summed E-state index contributed by atoms with van der Waals surface area (Å²) in [7, 11) is 0. The van der Waals surface area contributed by atoms with Gasteiger partial charge >= 0.3 is 0 Å². The summed E-state index contributed by atoms with van der Waals surface area (Å²) in [4.78, 5) is 0. The summed E-state index contributed by atoms with van der Waals surface area (Å²) in [6.07, 6.45) is 5.27. The van der Waals surface area contributed by atoms with Crippen molar-refractivity contribution in [2.75, 3.05) is 6.54 Å². The molecule has 1 atom stereocenters. The maximum Gasteiger partial charge on any atom is 0.124 e. The summed E-state index contributed by atoms with van der Waals surface area (Å²) in [5, 5.41) is 3.57. The van der Waals surface area contributed by atoms with E-state index in [1.807, 2.05) is 6.07 Å². The summed E-state index contributed by atoms with van der Waals surface area (Å²) in [6, 6.07) is 5.56. The van der Waals surface area contributed by atoms with Gasteiger partial charge in [0, 0.05) is 9.61 Å². The molecule has 2 rings (SSSR count). The molecule has 0 saturated heterocycles. The monoisotopic (exact) mass is 347 g/mol. The summed E-state index contributed by atoms with van der Waals surface area (Å²) in [5.41, 5.74) is 1.26. The Bertz CT molecular complexity index is 374. The normalized spacial score (nSPS) is 18.5. The van der Waals surface area contributed by atoms with Crippen molar-refractivity contribution in [3.8, 4) is 0 Å². The molecule has 1 aliphatic rings. The lowest BCUT2D eigenvalue weighted by molar-refractivity contribution is 0.373. The van der Waals surface area contributed by atoms with E-state index < -0.39 is 0 Å². The molecule has 3 heteroatoms. The first-order valence-electron chi connectivity index (χ1n) is 6.40. The zero-order valence-electron chi connectivity index (χ0n) is 10.2. The Balaban J connectivity index is 2.24. The van der Waals surface area contributed by atoms with E-state index in [9.17, 15) is 4.39 Å². The first-order valence-corrected chi connectivity index (χ1v) is 7.48. The van der Waals surface area contributed by atoms with Crippen LogP contribution in [0.2, 0.25) is 0 Å². The second-order valence-corrected chi connectivity index (χ2v) is 5.91. The van der Waals surface area contributed by atoms with Gasteiger partial charge in [-0.2, -0.15) is 0 Å². The van der Waals surface area contributed by atoms with Crippen LogP contribution in [0.25, 0.3) is 0 Å². The SMILES string of the molecule is CCNC(c1ccc(F)cc1I)C1CCCC1. The van der Waals surface area contributed by atoms with E-state index in [4.69, 9.17) is 0 Å². The summed E-state index contributed by atoms with van der Waals surface area (Å²) >= 11 is 2.25. The molecule has 0 aromatic heterocycles. The lowest BCUT2D eigenvalue weighted by Crippen LogP contribution is -2.27. The fourth-order valence-electron chi connectivity index (χ4n) is 2.79. The molecule has 0 bridgehead atoms. The minimum atomic E-state index is -0.139. The lowest BCUT2D eigenvalue weighted by Gasteiger charge is -2.25. The number of hydrogen-bond acceptors (Lipinski definition) is 1. The molecular weight excluding hydrogens is 328 g/mol. The van der Waals surface area contributed by atoms with Crippen LogP contribution in [-0.4, -0.2) is 6.54 Å². The number of benzene rings is 1. The Morgan fingerprint density at radius 3 is 2.71 bits per heavy atom. The van der Waals surface area contributed by atoms with Crippen molar-refractivity contribution < 1.29 is 4.39 Å². The minimum absolute atomic E-state index is 0.139. The molecule has 1 saturated carbocycles. The molecular formula is C14H19FIN. The second kappa shape index (κ2) is 6.14. The van der Waals surface area contributed by atoms with Gasteiger partial charge in [0.1, 0.15) is 5.82 Å². The third-order valence-corrected chi connectivity index (χ3v) is 4.53. The molecule has 1 nitrogen and oxygen atoms in total. The maximum absolute atomic E-state index is 13.1. The highest BCUT2D eigenvalue weighted by Gasteiger charge is 2.26. The fraction of sp³-hybridized carbons (Fsp3) is 0.571. The molecule has 1 aromatic carbocycles. The largest absolute Gasteiger partial charge is 0.310 e. The van der Waals surface area contributed by atoms with Crippen LogP contribution in [-0.2, 0) is 0 Å². The van der Waals surface area contributed by atoms with Gasteiger partial charge in [-0.25, -0.2) is 4.39 Å². The van der Waals surface area contributed by atoms with Gasteiger partial charge in [0.15, 0.2) is 0 Å². The first-order chi connectivity index (χ1) is 8.22. The van der Waals surface area contributed by atoms with Crippen molar-refractivity contribution in [3.05, 3.63) is 33.1 Å². The van der Waals surface area contributed by atoms with Crippen molar-refractivity contribution in [2.45, 2.75) is 38.6 Å². The molecule has 0 radical (unpaired) electrons. The average Bonchev–Trinajstić information content (AvgIpc) is 2.80. The van der Waals surface area contributed by atoms with Crippen molar-refractivity contribution in [3.63, 3.8) is 0 Å². The Morgan fingerprint density at radius 2 is 2.12 bits per heavy atom. The predicted molar refractivity (Wildman–Crippen MR) is 77.5 cm³/mol. The molecule has 1 N–H and O–H groups in total. The van der Waals surface area contributed by atoms with Crippen molar-refractivity contribution in [1.82, 2.24) is 5.32 Å². The van der Waals surface area contributed by atoms with Crippen LogP contribution in [0.5, 0.6) is 0 Å². The van der Waals surface area contributed by atoms with Crippen LogP contribution in [0.3, 0.4) is 0 Å². The van der Waals surface area contributed by atoms with Crippen LogP contribution in [0.4, 0.5) is 4.39 Å². The van der Waals surface area contributed by atoms with E-state index in [2.05, 4.69) is 34.8 Å². The highest BCUT2D eigenvalue weighted by molar-refractivity contribution is 14.1. The molecule has 17 heavy (non-hydrogen) atoms. The molecule has 1 unspecified atom stereocenters. The van der Waals surface area contributed by atoms with Crippen molar-refractivity contribution in [2.24, 2.45) is 5.92 Å². The van der Waals surface area contributed by atoms with Gasteiger partial charge < -0.3 is 5.32 Å². The lowest BCUT2D eigenvalue weighted by atomic mass is 9.91. The molecule has 94 valence electrons. The Morgan fingerprint density at radius 1 is 1.41 bits per heavy atom. The highest BCUT2D eigenvalue weighted by atomic mass is 127. The third-order valence-electron chi connectivity index (χ3n) is 3.59. The Labute approximate surface area is 116 Å². The zero-order chi connectivity index (χ0) is 12.3. The molecule has 0 heterocycles. The number of rotatable bonds is 4. The van der Waals surface area contributed by atoms with Gasteiger partial charge in [-0.1, -0.05) is 25.8 Å². The van der Waals surface area contributed by atoms with Gasteiger partial charge in [-0.05, 0) is 65.6 Å². The molecule has 1 aliphatic carbocycles. The van der Waals surface area contributed by atoms with Crippen LogP contribution in [0, 0.1) is 15.3 Å². The average molecular weight is 347 g/mol.